The van der Waals surface area contributed by atoms with Gasteiger partial charge in [-0.1, -0.05) is 18.2 Å². The van der Waals surface area contributed by atoms with Crippen molar-refractivity contribution < 1.29 is 13.9 Å². The summed E-state index contributed by atoms with van der Waals surface area (Å²) >= 11 is 0. The molecule has 0 bridgehead atoms. The molecule has 0 saturated carbocycles. The summed E-state index contributed by atoms with van der Waals surface area (Å²) in [5.74, 6) is 0.571. The van der Waals surface area contributed by atoms with Gasteiger partial charge in [-0.2, -0.15) is 0 Å². The fourth-order valence-corrected chi connectivity index (χ4v) is 4.62. The van der Waals surface area contributed by atoms with E-state index in [1.165, 1.54) is 35.2 Å². The van der Waals surface area contributed by atoms with Gasteiger partial charge < -0.3 is 10.1 Å². The molecular formula is C25H33FN2O2. The molecular weight excluding hydrogens is 379 g/mol. The Bertz CT molecular complexity index is 883. The van der Waals surface area contributed by atoms with Crippen LogP contribution in [0.4, 0.5) is 4.39 Å². The van der Waals surface area contributed by atoms with Gasteiger partial charge in [0.15, 0.2) is 0 Å². The number of ether oxygens (including phenoxy) is 1. The number of nitrogens with zero attached hydrogens (tertiary/aromatic N) is 1. The number of methoxy groups -OCH3 is 1. The molecule has 0 spiro atoms. The van der Waals surface area contributed by atoms with Crippen molar-refractivity contribution in [3.05, 3.63) is 64.5 Å². The molecule has 1 aliphatic heterocycles. The molecule has 30 heavy (non-hydrogen) atoms. The molecule has 5 heteroatoms. The van der Waals surface area contributed by atoms with E-state index in [4.69, 9.17) is 4.74 Å². The van der Waals surface area contributed by atoms with Gasteiger partial charge in [0.1, 0.15) is 11.6 Å². The lowest BCUT2D eigenvalue weighted by molar-refractivity contribution is -0.120. The van der Waals surface area contributed by atoms with Crippen LogP contribution in [0.5, 0.6) is 5.75 Å². The first-order valence-corrected chi connectivity index (χ1v) is 10.8. The second kappa shape index (κ2) is 10.1. The average Bonchev–Trinajstić information content (AvgIpc) is 3.18. The summed E-state index contributed by atoms with van der Waals surface area (Å²) in [6.45, 7) is 8.27. The van der Waals surface area contributed by atoms with Crippen molar-refractivity contribution in [1.29, 1.82) is 0 Å². The molecule has 0 aliphatic carbocycles. The summed E-state index contributed by atoms with van der Waals surface area (Å²) in [7, 11) is 1.71. The number of benzene rings is 2. The molecule has 1 aliphatic rings. The number of carbonyl (C=O) groups excluding carboxylic acids is 1. The molecule has 1 fully saturated rings. The smallest absolute Gasteiger partial charge is 0.224 e. The topological polar surface area (TPSA) is 41.6 Å². The highest BCUT2D eigenvalue weighted by atomic mass is 19.1. The fraction of sp³-hybridized carbons (Fsp3) is 0.480. The third kappa shape index (κ3) is 5.20. The Kier molecular flexibility index (Phi) is 7.48. The first-order chi connectivity index (χ1) is 14.4. The Hall–Kier alpha value is -2.40. The van der Waals surface area contributed by atoms with E-state index in [1.54, 1.807) is 19.2 Å². The molecule has 1 amide bonds. The van der Waals surface area contributed by atoms with Crippen molar-refractivity contribution >= 4 is 5.91 Å². The molecule has 2 aromatic rings. The van der Waals surface area contributed by atoms with Crippen molar-refractivity contribution in [2.75, 3.05) is 20.2 Å². The summed E-state index contributed by atoms with van der Waals surface area (Å²) in [5.41, 5.74) is 4.53. The number of hydrogen-bond donors (Lipinski definition) is 1. The lowest BCUT2D eigenvalue weighted by atomic mass is 9.96. The highest BCUT2D eigenvalue weighted by Crippen LogP contribution is 2.35. The van der Waals surface area contributed by atoms with Crippen molar-refractivity contribution in [3.63, 3.8) is 0 Å². The van der Waals surface area contributed by atoms with Gasteiger partial charge in [0.05, 0.1) is 13.5 Å². The third-order valence-electron chi connectivity index (χ3n) is 6.42. The van der Waals surface area contributed by atoms with E-state index in [2.05, 4.69) is 43.1 Å². The largest absolute Gasteiger partial charge is 0.496 e. The van der Waals surface area contributed by atoms with Gasteiger partial charge in [-0.15, -0.1) is 0 Å². The van der Waals surface area contributed by atoms with Crippen LogP contribution in [0.25, 0.3) is 0 Å². The van der Waals surface area contributed by atoms with Gasteiger partial charge in [0.25, 0.3) is 0 Å². The number of carbonyl (C=O) groups is 1. The maximum atomic E-state index is 13.3. The molecule has 1 heterocycles. The molecule has 0 aromatic heterocycles. The van der Waals surface area contributed by atoms with Crippen LogP contribution in [0.15, 0.2) is 36.4 Å². The molecule has 162 valence electrons. The Morgan fingerprint density at radius 1 is 1.27 bits per heavy atom. The van der Waals surface area contributed by atoms with Crippen LogP contribution < -0.4 is 10.1 Å². The summed E-state index contributed by atoms with van der Waals surface area (Å²) in [6.07, 6.45) is 3.47. The van der Waals surface area contributed by atoms with Gasteiger partial charge in [-0.25, -0.2) is 4.39 Å². The molecule has 1 N–H and O–H groups in total. The molecule has 2 atom stereocenters. The number of halogens is 1. The number of rotatable bonds is 8. The summed E-state index contributed by atoms with van der Waals surface area (Å²) in [5, 5.41) is 3.01. The molecule has 0 radical (unpaired) electrons. The van der Waals surface area contributed by atoms with Crippen LogP contribution in [0, 0.1) is 19.7 Å². The first-order valence-electron chi connectivity index (χ1n) is 10.8. The summed E-state index contributed by atoms with van der Waals surface area (Å²) in [6, 6.07) is 11.2. The lowest BCUT2D eigenvalue weighted by Gasteiger charge is -2.32. The maximum absolute atomic E-state index is 13.3. The highest BCUT2D eigenvalue weighted by Gasteiger charge is 2.30. The second-order valence-corrected chi connectivity index (χ2v) is 8.26. The number of likely N-dealkylation sites (tertiary alicyclic amines) is 1. The highest BCUT2D eigenvalue weighted by molar-refractivity contribution is 5.78. The van der Waals surface area contributed by atoms with E-state index in [0.717, 1.165) is 25.1 Å². The van der Waals surface area contributed by atoms with Crippen LogP contribution in [0.1, 0.15) is 54.5 Å². The Labute approximate surface area is 179 Å². The predicted octanol–water partition coefficient (Wildman–Crippen LogP) is 4.73. The maximum Gasteiger partial charge on any atom is 0.224 e. The molecule has 2 unspecified atom stereocenters. The van der Waals surface area contributed by atoms with Crippen molar-refractivity contribution in [1.82, 2.24) is 10.2 Å². The van der Waals surface area contributed by atoms with Crippen molar-refractivity contribution in [2.24, 2.45) is 0 Å². The van der Waals surface area contributed by atoms with Gasteiger partial charge in [0.2, 0.25) is 5.91 Å². The molecule has 2 aromatic carbocycles. The number of nitrogens with one attached hydrogen (secondary N) is 1. The quantitative estimate of drug-likeness (QED) is 0.682. The summed E-state index contributed by atoms with van der Waals surface area (Å²) in [4.78, 5) is 14.8. The second-order valence-electron chi connectivity index (χ2n) is 8.26. The third-order valence-corrected chi connectivity index (χ3v) is 6.42. The van der Waals surface area contributed by atoms with Gasteiger partial charge >= 0.3 is 0 Å². The van der Waals surface area contributed by atoms with Crippen LogP contribution in [-0.4, -0.2) is 37.0 Å². The minimum Gasteiger partial charge on any atom is -0.496 e. The molecule has 4 nitrogen and oxygen atoms in total. The monoisotopic (exact) mass is 412 g/mol. The predicted molar refractivity (Wildman–Crippen MR) is 118 cm³/mol. The molecule has 3 rings (SSSR count). The Morgan fingerprint density at radius 3 is 2.80 bits per heavy atom. The Balaban J connectivity index is 1.55. The van der Waals surface area contributed by atoms with Crippen LogP contribution in [0.3, 0.4) is 0 Å². The minimum absolute atomic E-state index is 0.0557. The average molecular weight is 413 g/mol. The van der Waals surface area contributed by atoms with Crippen LogP contribution >= 0.6 is 0 Å². The van der Waals surface area contributed by atoms with E-state index in [1.807, 2.05) is 0 Å². The van der Waals surface area contributed by atoms with Gasteiger partial charge in [-0.3, -0.25) is 9.69 Å². The molecule has 1 saturated heterocycles. The standard InChI is InChI=1S/C25H33FN2O2/c1-17-18(2)24(30-4)11-10-23(17)19(3)28-14-6-9-22(28)12-13-27-25(29)16-20-7-5-8-21(26)15-20/h5,7-8,10-11,15,19,22H,6,9,12-14,16H2,1-4H3,(H,27,29). The van der Waals surface area contributed by atoms with E-state index >= 15 is 0 Å². The van der Waals surface area contributed by atoms with E-state index in [0.29, 0.717) is 24.2 Å². The van der Waals surface area contributed by atoms with E-state index < -0.39 is 0 Å². The number of amides is 1. The minimum atomic E-state index is -0.306. The Morgan fingerprint density at radius 2 is 2.07 bits per heavy atom. The van der Waals surface area contributed by atoms with Gasteiger partial charge in [-0.05, 0) is 87.0 Å². The van der Waals surface area contributed by atoms with Crippen LogP contribution in [-0.2, 0) is 11.2 Å². The summed E-state index contributed by atoms with van der Waals surface area (Å²) < 4.78 is 18.7. The fourth-order valence-electron chi connectivity index (χ4n) is 4.62. The van der Waals surface area contributed by atoms with Crippen molar-refractivity contribution in [2.45, 2.75) is 58.5 Å². The van der Waals surface area contributed by atoms with Gasteiger partial charge in [0, 0.05) is 18.6 Å². The SMILES string of the molecule is COc1ccc(C(C)N2CCCC2CCNC(=O)Cc2cccc(F)c2)c(C)c1C. The zero-order valence-electron chi connectivity index (χ0n) is 18.5. The van der Waals surface area contributed by atoms with E-state index in [9.17, 15) is 9.18 Å². The normalized spacial score (nSPS) is 17.7. The zero-order chi connectivity index (χ0) is 21.7. The first kappa shape index (κ1) is 22.3. The zero-order valence-corrected chi connectivity index (χ0v) is 18.5. The number of hydrogen-bond acceptors (Lipinski definition) is 3. The lowest BCUT2D eigenvalue weighted by Crippen LogP contribution is -2.36. The van der Waals surface area contributed by atoms with Crippen molar-refractivity contribution in [3.8, 4) is 5.75 Å². The van der Waals surface area contributed by atoms with E-state index in [-0.39, 0.29) is 18.1 Å². The van der Waals surface area contributed by atoms with Crippen LogP contribution in [0.2, 0.25) is 0 Å².